The molecular weight excluding hydrogens is 508 g/mol. The van der Waals surface area contributed by atoms with Crippen LogP contribution in [0.25, 0.3) is 17.5 Å². The minimum Gasteiger partial charge on any atom is -0.496 e. The van der Waals surface area contributed by atoms with Gasteiger partial charge in [0.25, 0.3) is 11.1 Å². The molecule has 10 heteroatoms. The molecule has 1 heterocycles. The second kappa shape index (κ2) is 10.4. The van der Waals surface area contributed by atoms with Gasteiger partial charge in [-0.25, -0.2) is 4.79 Å². The molecule has 0 saturated heterocycles. The van der Waals surface area contributed by atoms with Crippen LogP contribution in [0.2, 0.25) is 5.02 Å². The molecule has 0 spiro atoms. The number of ether oxygens (including phenoxy) is 2. The molecule has 0 atom stereocenters. The van der Waals surface area contributed by atoms with E-state index in [4.69, 9.17) is 31.9 Å². The molecule has 0 fully saturated rings. The molecule has 0 amide bonds. The van der Waals surface area contributed by atoms with Crippen LogP contribution in [-0.4, -0.2) is 35.0 Å². The zero-order chi connectivity index (χ0) is 22.4. The average Bonchev–Trinajstić information content (AvgIpc) is 3.21. The molecule has 2 aromatic carbocycles. The lowest BCUT2D eigenvalue weighted by atomic mass is 10.2. The van der Waals surface area contributed by atoms with Crippen LogP contribution in [0.3, 0.4) is 0 Å². The van der Waals surface area contributed by atoms with Gasteiger partial charge in [-0.2, -0.15) is 0 Å². The van der Waals surface area contributed by atoms with Crippen molar-refractivity contribution in [3.05, 3.63) is 56.4 Å². The van der Waals surface area contributed by atoms with E-state index < -0.39 is 5.97 Å². The summed E-state index contributed by atoms with van der Waals surface area (Å²) in [5, 5.41) is 18.1. The Morgan fingerprint density at radius 3 is 2.81 bits per heavy atom. The van der Waals surface area contributed by atoms with Crippen molar-refractivity contribution >= 4 is 51.3 Å². The molecule has 0 saturated carbocycles. The van der Waals surface area contributed by atoms with Crippen molar-refractivity contribution in [2.24, 2.45) is 0 Å². The quantitative estimate of drug-likeness (QED) is 0.239. The fraction of sp³-hybridized carbons (Fsp3) is 0.0952. The predicted molar refractivity (Wildman–Crippen MR) is 121 cm³/mol. The molecule has 3 aromatic rings. The minimum absolute atomic E-state index is 0.0340. The van der Waals surface area contributed by atoms with Crippen molar-refractivity contribution in [1.29, 1.82) is 0 Å². The number of carbonyl (C=O) groups is 1. The van der Waals surface area contributed by atoms with Crippen molar-refractivity contribution in [1.82, 2.24) is 10.2 Å². The summed E-state index contributed by atoms with van der Waals surface area (Å²) in [6.45, 7) is 0.0481. The first-order chi connectivity index (χ1) is 14.9. The summed E-state index contributed by atoms with van der Waals surface area (Å²) in [4.78, 5) is 11.8. The van der Waals surface area contributed by atoms with E-state index in [1.165, 1.54) is 13.2 Å². The van der Waals surface area contributed by atoms with E-state index in [0.29, 0.717) is 27.6 Å². The SMILES string of the molecule is C#CCOc1ccc(Br)cc1/C=C(\Sc1nnc(-c2cc(Cl)ccc2OC)o1)C(=O)O. The monoisotopic (exact) mass is 520 g/mol. The Balaban J connectivity index is 1.93. The molecule has 1 N–H and O–H groups in total. The number of carboxylic acid groups (broad SMARTS) is 1. The van der Waals surface area contributed by atoms with Gasteiger partial charge in [0, 0.05) is 15.1 Å². The standard InChI is InChI=1S/C21H14BrClN2O5S/c1-3-8-29-16-6-4-13(22)9-12(16)10-18(20(26)27)31-21-25-24-19(30-21)15-11-14(23)5-7-17(15)28-2/h1,4-7,9-11H,8H2,2H3,(H,26,27)/b18-10-. The second-order valence-electron chi connectivity index (χ2n) is 5.81. The number of rotatable bonds is 8. The zero-order valence-corrected chi connectivity index (χ0v) is 19.1. The van der Waals surface area contributed by atoms with Crippen LogP contribution in [0, 0.1) is 12.3 Å². The van der Waals surface area contributed by atoms with E-state index in [2.05, 4.69) is 32.0 Å². The topological polar surface area (TPSA) is 94.7 Å². The molecule has 158 valence electrons. The van der Waals surface area contributed by atoms with Crippen LogP contribution >= 0.6 is 39.3 Å². The molecule has 0 aliphatic heterocycles. The minimum atomic E-state index is -1.17. The molecule has 7 nitrogen and oxygen atoms in total. The normalized spacial score (nSPS) is 11.1. The average molecular weight is 522 g/mol. The highest BCUT2D eigenvalue weighted by atomic mass is 79.9. The van der Waals surface area contributed by atoms with Crippen LogP contribution in [0.15, 0.2) is 55.4 Å². The van der Waals surface area contributed by atoms with E-state index in [-0.39, 0.29) is 22.6 Å². The van der Waals surface area contributed by atoms with Crippen LogP contribution in [-0.2, 0) is 4.79 Å². The number of carboxylic acids is 1. The lowest BCUT2D eigenvalue weighted by molar-refractivity contribution is -0.131. The fourth-order valence-corrected chi connectivity index (χ4v) is 3.67. The van der Waals surface area contributed by atoms with Crippen LogP contribution < -0.4 is 9.47 Å². The van der Waals surface area contributed by atoms with E-state index in [1.807, 2.05) is 0 Å². The number of terminal acetylenes is 1. The molecule has 0 aliphatic carbocycles. The second-order valence-corrected chi connectivity index (χ2v) is 8.15. The largest absolute Gasteiger partial charge is 0.496 e. The summed E-state index contributed by atoms with van der Waals surface area (Å²) < 4.78 is 17.2. The Labute approximate surface area is 195 Å². The number of halogens is 2. The lowest BCUT2D eigenvalue weighted by Crippen LogP contribution is -1.99. The number of aromatic nitrogens is 2. The lowest BCUT2D eigenvalue weighted by Gasteiger charge is -2.08. The van der Waals surface area contributed by atoms with Crippen molar-refractivity contribution in [2.75, 3.05) is 13.7 Å². The third-order valence-corrected chi connectivity index (χ3v) is 5.36. The number of aliphatic carboxylic acids is 1. The Hall–Kier alpha value is -2.93. The highest BCUT2D eigenvalue weighted by Crippen LogP contribution is 2.36. The Morgan fingerprint density at radius 1 is 1.32 bits per heavy atom. The van der Waals surface area contributed by atoms with E-state index in [9.17, 15) is 9.90 Å². The smallest absolute Gasteiger partial charge is 0.342 e. The van der Waals surface area contributed by atoms with Gasteiger partial charge in [-0.15, -0.1) is 16.6 Å². The summed E-state index contributed by atoms with van der Waals surface area (Å²) in [5.74, 6) is 2.28. The van der Waals surface area contributed by atoms with Gasteiger partial charge >= 0.3 is 5.97 Å². The molecule has 0 aliphatic rings. The fourth-order valence-electron chi connectivity index (χ4n) is 2.46. The number of hydrogen-bond donors (Lipinski definition) is 1. The van der Waals surface area contributed by atoms with Gasteiger partial charge in [0.1, 0.15) is 23.0 Å². The summed E-state index contributed by atoms with van der Waals surface area (Å²) >= 11 is 10.2. The summed E-state index contributed by atoms with van der Waals surface area (Å²) in [7, 11) is 1.50. The molecule has 0 unspecified atom stereocenters. The summed E-state index contributed by atoms with van der Waals surface area (Å²) in [5.41, 5.74) is 1.01. The van der Waals surface area contributed by atoms with Crippen LogP contribution in [0.4, 0.5) is 0 Å². The van der Waals surface area contributed by atoms with E-state index in [1.54, 1.807) is 36.4 Å². The Morgan fingerprint density at radius 2 is 2.10 bits per heavy atom. The molecule has 0 bridgehead atoms. The van der Waals surface area contributed by atoms with Gasteiger partial charge in [-0.1, -0.05) is 33.5 Å². The van der Waals surface area contributed by atoms with Crippen molar-refractivity contribution in [2.45, 2.75) is 5.22 Å². The number of nitrogens with zero attached hydrogens (tertiary/aromatic N) is 2. The van der Waals surface area contributed by atoms with Crippen molar-refractivity contribution in [3.8, 4) is 35.3 Å². The van der Waals surface area contributed by atoms with Crippen molar-refractivity contribution < 1.29 is 23.8 Å². The van der Waals surface area contributed by atoms with Gasteiger partial charge in [-0.05, 0) is 54.2 Å². The first kappa shape index (κ1) is 22.7. The van der Waals surface area contributed by atoms with Crippen LogP contribution in [0.1, 0.15) is 5.56 Å². The van der Waals surface area contributed by atoms with Gasteiger partial charge in [0.15, 0.2) is 0 Å². The third kappa shape index (κ3) is 5.82. The highest BCUT2D eigenvalue weighted by Gasteiger charge is 2.19. The van der Waals surface area contributed by atoms with Gasteiger partial charge in [0.2, 0.25) is 0 Å². The maximum Gasteiger partial charge on any atom is 0.342 e. The van der Waals surface area contributed by atoms with Crippen LogP contribution in [0.5, 0.6) is 11.5 Å². The zero-order valence-electron chi connectivity index (χ0n) is 16.0. The maximum atomic E-state index is 11.8. The first-order valence-corrected chi connectivity index (χ1v) is 10.6. The Bertz CT molecular complexity index is 1190. The summed E-state index contributed by atoms with van der Waals surface area (Å²) in [6.07, 6.45) is 6.68. The Kier molecular flexibility index (Phi) is 7.63. The maximum absolute atomic E-state index is 11.8. The molecule has 31 heavy (non-hydrogen) atoms. The molecular formula is C21H14BrClN2O5S. The van der Waals surface area contributed by atoms with Gasteiger partial charge in [-0.3, -0.25) is 0 Å². The molecule has 1 aromatic heterocycles. The molecule has 3 rings (SSSR count). The number of benzene rings is 2. The van der Waals surface area contributed by atoms with Gasteiger partial charge < -0.3 is 19.0 Å². The van der Waals surface area contributed by atoms with E-state index >= 15 is 0 Å². The van der Waals surface area contributed by atoms with Gasteiger partial charge in [0.05, 0.1) is 12.7 Å². The molecule has 0 radical (unpaired) electrons. The van der Waals surface area contributed by atoms with Crippen molar-refractivity contribution in [3.63, 3.8) is 0 Å². The number of hydrogen-bond acceptors (Lipinski definition) is 7. The van der Waals surface area contributed by atoms with E-state index in [0.717, 1.165) is 16.2 Å². The predicted octanol–water partition coefficient (Wildman–Crippen LogP) is 5.39. The number of methoxy groups -OCH3 is 1. The highest BCUT2D eigenvalue weighted by molar-refractivity contribution is 9.10. The number of thioether (sulfide) groups is 1. The summed E-state index contributed by atoms with van der Waals surface area (Å²) in [6, 6.07) is 10.1. The third-order valence-electron chi connectivity index (χ3n) is 3.78. The first-order valence-electron chi connectivity index (χ1n) is 8.57.